The first-order valence-corrected chi connectivity index (χ1v) is 7.38. The first kappa shape index (κ1) is 12.6. The van der Waals surface area contributed by atoms with Gasteiger partial charge in [0.05, 0.1) is 9.39 Å². The average molecular weight is 304 g/mol. The quantitative estimate of drug-likeness (QED) is 0.895. The highest BCUT2D eigenvalue weighted by atomic mass is 79.9. The lowest BCUT2D eigenvalue weighted by molar-refractivity contribution is 0.0475. The summed E-state index contributed by atoms with van der Waals surface area (Å²) < 4.78 is 1.21. The summed E-state index contributed by atoms with van der Waals surface area (Å²) in [6.45, 7) is 3.69. The van der Waals surface area contributed by atoms with Gasteiger partial charge in [0.15, 0.2) is 0 Å². The third-order valence-electron chi connectivity index (χ3n) is 3.20. The molecule has 0 unspecified atom stereocenters. The molecule has 1 saturated carbocycles. The number of halogens is 1. The molecule has 2 rings (SSSR count). The fraction of sp³-hybridized carbons (Fsp3) is 0.667. The van der Waals surface area contributed by atoms with Crippen molar-refractivity contribution in [1.82, 2.24) is 5.32 Å². The number of hydrogen-bond donors (Lipinski definition) is 2. The van der Waals surface area contributed by atoms with Gasteiger partial charge < -0.3 is 10.4 Å². The van der Waals surface area contributed by atoms with Crippen molar-refractivity contribution in [3.05, 3.63) is 20.3 Å². The van der Waals surface area contributed by atoms with E-state index < -0.39 is 5.60 Å². The summed E-state index contributed by atoms with van der Waals surface area (Å²) in [6, 6.07) is 2.19. The lowest BCUT2D eigenvalue weighted by atomic mass is 10.0. The minimum atomic E-state index is -0.441. The van der Waals surface area contributed by atoms with E-state index in [0.29, 0.717) is 0 Å². The van der Waals surface area contributed by atoms with Crippen LogP contribution in [-0.2, 0) is 6.54 Å². The zero-order valence-corrected chi connectivity index (χ0v) is 12.0. The third-order valence-corrected chi connectivity index (χ3v) is 5.33. The molecule has 2 N–H and O–H groups in total. The predicted octanol–water partition coefficient (Wildman–Crippen LogP) is 3.21. The molecule has 0 spiro atoms. The maximum atomic E-state index is 10.2. The molecule has 0 amide bonds. The van der Waals surface area contributed by atoms with Gasteiger partial charge in [-0.05, 0) is 47.3 Å². The van der Waals surface area contributed by atoms with Crippen molar-refractivity contribution in [2.45, 2.75) is 44.8 Å². The SMILES string of the molecule is Cc1cc(CNCC2(O)CCCC2)sc1Br. The van der Waals surface area contributed by atoms with Crippen LogP contribution in [0.5, 0.6) is 0 Å². The molecule has 0 bridgehead atoms. The lowest BCUT2D eigenvalue weighted by Crippen LogP contribution is -2.37. The topological polar surface area (TPSA) is 32.3 Å². The minimum absolute atomic E-state index is 0.441. The fourth-order valence-corrected chi connectivity index (χ4v) is 3.84. The second kappa shape index (κ2) is 5.17. The number of thiophene rings is 1. The Kier molecular flexibility index (Phi) is 4.06. The van der Waals surface area contributed by atoms with E-state index in [4.69, 9.17) is 0 Å². The molecule has 16 heavy (non-hydrogen) atoms. The highest BCUT2D eigenvalue weighted by Crippen LogP contribution is 2.29. The Labute approximate surface area is 109 Å². The van der Waals surface area contributed by atoms with Gasteiger partial charge in [0.2, 0.25) is 0 Å². The molecule has 0 saturated heterocycles. The maximum Gasteiger partial charge on any atom is 0.0771 e. The summed E-state index contributed by atoms with van der Waals surface area (Å²) in [5.74, 6) is 0. The second-order valence-electron chi connectivity index (χ2n) is 4.70. The molecule has 1 aromatic heterocycles. The summed E-state index contributed by atoms with van der Waals surface area (Å²) in [4.78, 5) is 1.32. The van der Waals surface area contributed by atoms with Crippen LogP contribution >= 0.6 is 27.3 Å². The van der Waals surface area contributed by atoms with Crippen LogP contribution in [0.2, 0.25) is 0 Å². The Morgan fingerprint density at radius 2 is 2.19 bits per heavy atom. The number of aliphatic hydroxyl groups is 1. The Morgan fingerprint density at radius 3 is 2.75 bits per heavy atom. The van der Waals surface area contributed by atoms with Crippen molar-refractivity contribution < 1.29 is 5.11 Å². The van der Waals surface area contributed by atoms with E-state index >= 15 is 0 Å². The van der Waals surface area contributed by atoms with Gasteiger partial charge in [0, 0.05) is 18.0 Å². The molecule has 1 aromatic rings. The van der Waals surface area contributed by atoms with Crippen LogP contribution in [0, 0.1) is 6.92 Å². The van der Waals surface area contributed by atoms with Crippen molar-refractivity contribution in [2.24, 2.45) is 0 Å². The normalized spacial score (nSPS) is 19.2. The van der Waals surface area contributed by atoms with Crippen LogP contribution < -0.4 is 5.32 Å². The number of aryl methyl sites for hydroxylation is 1. The summed E-state index contributed by atoms with van der Waals surface area (Å²) in [7, 11) is 0. The molecule has 0 aromatic carbocycles. The Morgan fingerprint density at radius 1 is 1.50 bits per heavy atom. The predicted molar refractivity (Wildman–Crippen MR) is 71.9 cm³/mol. The van der Waals surface area contributed by atoms with Gasteiger partial charge in [-0.2, -0.15) is 0 Å². The van der Waals surface area contributed by atoms with Crippen molar-refractivity contribution in [1.29, 1.82) is 0 Å². The second-order valence-corrected chi connectivity index (χ2v) is 7.16. The number of rotatable bonds is 4. The molecule has 1 aliphatic carbocycles. The van der Waals surface area contributed by atoms with Crippen LogP contribution in [-0.4, -0.2) is 17.3 Å². The van der Waals surface area contributed by atoms with Crippen molar-refractivity contribution in [3.8, 4) is 0 Å². The van der Waals surface area contributed by atoms with Gasteiger partial charge >= 0.3 is 0 Å². The molecule has 0 radical (unpaired) electrons. The standard InChI is InChI=1S/C12H18BrNOS/c1-9-6-10(16-11(9)13)7-14-8-12(15)4-2-3-5-12/h6,14-15H,2-5,7-8H2,1H3. The molecule has 2 nitrogen and oxygen atoms in total. The van der Waals surface area contributed by atoms with E-state index in [9.17, 15) is 5.11 Å². The van der Waals surface area contributed by atoms with Crippen LogP contribution in [0.3, 0.4) is 0 Å². The first-order valence-electron chi connectivity index (χ1n) is 5.77. The number of nitrogens with one attached hydrogen (secondary N) is 1. The highest BCUT2D eigenvalue weighted by Gasteiger charge is 2.30. The Balaban J connectivity index is 1.79. The van der Waals surface area contributed by atoms with Gasteiger partial charge in [-0.1, -0.05) is 12.8 Å². The van der Waals surface area contributed by atoms with E-state index in [-0.39, 0.29) is 0 Å². The third kappa shape index (κ3) is 3.06. The van der Waals surface area contributed by atoms with E-state index in [1.165, 1.54) is 27.1 Å². The van der Waals surface area contributed by atoms with Gasteiger partial charge in [-0.15, -0.1) is 11.3 Å². The summed E-state index contributed by atoms with van der Waals surface area (Å²) in [6.07, 6.45) is 4.24. The molecule has 4 heteroatoms. The summed E-state index contributed by atoms with van der Waals surface area (Å²) in [5.41, 5.74) is 0.852. The molecule has 1 heterocycles. The highest BCUT2D eigenvalue weighted by molar-refractivity contribution is 9.11. The Hall–Kier alpha value is 0.100. The summed E-state index contributed by atoms with van der Waals surface area (Å²) in [5, 5.41) is 13.5. The Bertz CT molecular complexity index is 338. The zero-order valence-electron chi connectivity index (χ0n) is 9.55. The first-order chi connectivity index (χ1) is 7.59. The van der Waals surface area contributed by atoms with E-state index in [1.54, 1.807) is 11.3 Å². The largest absolute Gasteiger partial charge is 0.389 e. The molecular formula is C12H18BrNOS. The van der Waals surface area contributed by atoms with Crippen LogP contribution in [0.4, 0.5) is 0 Å². The van der Waals surface area contributed by atoms with Gasteiger partial charge in [-0.3, -0.25) is 0 Å². The maximum absolute atomic E-state index is 10.2. The molecular weight excluding hydrogens is 286 g/mol. The molecule has 1 aliphatic rings. The summed E-state index contributed by atoms with van der Waals surface area (Å²) >= 11 is 5.29. The monoisotopic (exact) mass is 303 g/mol. The van der Waals surface area contributed by atoms with Crippen LogP contribution in [0.15, 0.2) is 9.85 Å². The van der Waals surface area contributed by atoms with E-state index in [2.05, 4.69) is 34.2 Å². The van der Waals surface area contributed by atoms with Crippen LogP contribution in [0.1, 0.15) is 36.1 Å². The minimum Gasteiger partial charge on any atom is -0.389 e. The van der Waals surface area contributed by atoms with Crippen molar-refractivity contribution in [3.63, 3.8) is 0 Å². The molecule has 0 aliphatic heterocycles. The van der Waals surface area contributed by atoms with Crippen molar-refractivity contribution >= 4 is 27.3 Å². The fourth-order valence-electron chi connectivity index (χ4n) is 2.24. The lowest BCUT2D eigenvalue weighted by Gasteiger charge is -2.22. The van der Waals surface area contributed by atoms with Crippen LogP contribution in [0.25, 0.3) is 0 Å². The van der Waals surface area contributed by atoms with Gasteiger partial charge in [-0.25, -0.2) is 0 Å². The average Bonchev–Trinajstić information content (AvgIpc) is 2.76. The van der Waals surface area contributed by atoms with Crippen molar-refractivity contribution in [2.75, 3.05) is 6.54 Å². The molecule has 1 fully saturated rings. The number of hydrogen-bond acceptors (Lipinski definition) is 3. The van der Waals surface area contributed by atoms with Gasteiger partial charge in [0.1, 0.15) is 0 Å². The van der Waals surface area contributed by atoms with Gasteiger partial charge in [0.25, 0.3) is 0 Å². The zero-order chi connectivity index (χ0) is 11.6. The molecule has 0 atom stereocenters. The van der Waals surface area contributed by atoms with E-state index in [1.807, 2.05) is 0 Å². The molecule has 90 valence electrons. The smallest absolute Gasteiger partial charge is 0.0771 e. The van der Waals surface area contributed by atoms with E-state index in [0.717, 1.165) is 25.9 Å².